The van der Waals surface area contributed by atoms with Gasteiger partial charge in [-0.15, -0.1) is 0 Å². The van der Waals surface area contributed by atoms with E-state index in [4.69, 9.17) is 14.2 Å². The maximum Gasteiger partial charge on any atom is 0.231 e. The molecule has 1 aliphatic rings. The van der Waals surface area contributed by atoms with Gasteiger partial charge in [-0.05, 0) is 42.0 Å². The van der Waals surface area contributed by atoms with Gasteiger partial charge in [0.25, 0.3) is 0 Å². The van der Waals surface area contributed by atoms with Crippen LogP contribution in [0.1, 0.15) is 12.0 Å². The van der Waals surface area contributed by atoms with Gasteiger partial charge in [0, 0.05) is 30.4 Å². The number of hydrogen-bond acceptors (Lipinski definition) is 5. The largest absolute Gasteiger partial charge is 0.489 e. The van der Waals surface area contributed by atoms with E-state index >= 15 is 0 Å². The van der Waals surface area contributed by atoms with Crippen molar-refractivity contribution in [3.63, 3.8) is 0 Å². The highest BCUT2D eigenvalue weighted by molar-refractivity contribution is 5.91. The molecule has 1 aliphatic heterocycles. The quantitative estimate of drug-likeness (QED) is 0.595. The van der Waals surface area contributed by atoms with E-state index < -0.39 is 0 Å². The summed E-state index contributed by atoms with van der Waals surface area (Å²) in [5.41, 5.74) is 2.74. The number of anilines is 2. The fraction of sp³-hybridized carbons (Fsp3) is 0.174. The van der Waals surface area contributed by atoms with Gasteiger partial charge < -0.3 is 24.8 Å². The summed E-state index contributed by atoms with van der Waals surface area (Å²) < 4.78 is 16.4. The molecule has 6 heteroatoms. The first-order chi connectivity index (χ1) is 14.3. The third-order valence-corrected chi connectivity index (χ3v) is 4.44. The summed E-state index contributed by atoms with van der Waals surface area (Å²) >= 11 is 0. The van der Waals surface area contributed by atoms with Crippen LogP contribution in [0.2, 0.25) is 0 Å². The van der Waals surface area contributed by atoms with Crippen LogP contribution in [0.3, 0.4) is 0 Å². The standard InChI is InChI=1S/C23H22N2O4/c26-23(12-13-24-19-8-11-21-22(14-19)29-16-28-21)25-18-6-9-20(10-7-18)27-15-17-4-2-1-3-5-17/h1-11,14,24H,12-13,15-16H2,(H,25,26). The lowest BCUT2D eigenvalue weighted by Crippen LogP contribution is -2.16. The maximum absolute atomic E-state index is 12.2. The molecule has 6 nitrogen and oxygen atoms in total. The second kappa shape index (κ2) is 9.01. The number of fused-ring (bicyclic) bond motifs is 1. The molecule has 1 heterocycles. The van der Waals surface area contributed by atoms with E-state index in [9.17, 15) is 4.79 Å². The van der Waals surface area contributed by atoms with Gasteiger partial charge in [-0.25, -0.2) is 0 Å². The predicted octanol–water partition coefficient (Wildman–Crippen LogP) is 4.44. The summed E-state index contributed by atoms with van der Waals surface area (Å²) in [5, 5.41) is 6.11. The number of carbonyl (C=O) groups is 1. The van der Waals surface area contributed by atoms with E-state index in [0.29, 0.717) is 25.3 Å². The molecule has 1 amide bonds. The van der Waals surface area contributed by atoms with E-state index in [0.717, 1.165) is 28.4 Å². The molecule has 0 aromatic heterocycles. The number of nitrogens with one attached hydrogen (secondary N) is 2. The average molecular weight is 390 g/mol. The molecular formula is C23H22N2O4. The highest BCUT2D eigenvalue weighted by Crippen LogP contribution is 2.34. The van der Waals surface area contributed by atoms with Crippen LogP contribution in [-0.2, 0) is 11.4 Å². The normalized spacial score (nSPS) is 11.7. The van der Waals surface area contributed by atoms with Crippen molar-refractivity contribution in [2.75, 3.05) is 24.0 Å². The van der Waals surface area contributed by atoms with Crippen molar-refractivity contribution >= 4 is 17.3 Å². The Labute approximate surface area is 169 Å². The van der Waals surface area contributed by atoms with E-state index in [1.54, 1.807) is 0 Å². The zero-order valence-electron chi connectivity index (χ0n) is 15.9. The predicted molar refractivity (Wildman–Crippen MR) is 112 cm³/mol. The smallest absolute Gasteiger partial charge is 0.231 e. The molecule has 2 N–H and O–H groups in total. The van der Waals surface area contributed by atoms with E-state index in [1.165, 1.54) is 0 Å². The fourth-order valence-corrected chi connectivity index (χ4v) is 2.93. The van der Waals surface area contributed by atoms with Crippen LogP contribution in [0.25, 0.3) is 0 Å². The van der Waals surface area contributed by atoms with Gasteiger partial charge in [0.1, 0.15) is 12.4 Å². The minimum Gasteiger partial charge on any atom is -0.489 e. The Bertz CT molecular complexity index is 958. The van der Waals surface area contributed by atoms with Crippen molar-refractivity contribution in [2.24, 2.45) is 0 Å². The molecule has 0 atom stereocenters. The molecule has 0 saturated heterocycles. The van der Waals surface area contributed by atoms with Crippen molar-refractivity contribution in [3.05, 3.63) is 78.4 Å². The monoisotopic (exact) mass is 390 g/mol. The van der Waals surface area contributed by atoms with Crippen molar-refractivity contribution in [1.82, 2.24) is 0 Å². The van der Waals surface area contributed by atoms with Gasteiger partial charge in [-0.3, -0.25) is 4.79 Å². The van der Waals surface area contributed by atoms with Crippen molar-refractivity contribution in [1.29, 1.82) is 0 Å². The molecule has 0 spiro atoms. The molecule has 29 heavy (non-hydrogen) atoms. The third-order valence-electron chi connectivity index (χ3n) is 4.44. The van der Waals surface area contributed by atoms with Crippen LogP contribution in [0.5, 0.6) is 17.2 Å². The third kappa shape index (κ3) is 5.19. The van der Waals surface area contributed by atoms with Gasteiger partial charge in [-0.1, -0.05) is 30.3 Å². The molecule has 3 aromatic rings. The number of rotatable bonds is 8. The summed E-state index contributed by atoms with van der Waals surface area (Å²) in [4.78, 5) is 12.2. The topological polar surface area (TPSA) is 68.8 Å². The van der Waals surface area contributed by atoms with Crippen LogP contribution in [0.4, 0.5) is 11.4 Å². The molecular weight excluding hydrogens is 368 g/mol. The minimum atomic E-state index is -0.0591. The molecule has 0 saturated carbocycles. The Morgan fingerprint density at radius 1 is 0.897 bits per heavy atom. The second-order valence-corrected chi connectivity index (χ2v) is 6.59. The molecule has 148 valence electrons. The average Bonchev–Trinajstić information content (AvgIpc) is 3.22. The molecule has 0 fully saturated rings. The summed E-state index contributed by atoms with van der Waals surface area (Å²) in [7, 11) is 0. The van der Waals surface area contributed by atoms with Crippen LogP contribution in [-0.4, -0.2) is 19.2 Å². The van der Waals surface area contributed by atoms with Gasteiger partial charge >= 0.3 is 0 Å². The SMILES string of the molecule is O=C(CCNc1ccc2c(c1)OCO2)Nc1ccc(OCc2ccccc2)cc1. The first-order valence-electron chi connectivity index (χ1n) is 9.46. The lowest BCUT2D eigenvalue weighted by atomic mass is 10.2. The number of ether oxygens (including phenoxy) is 3. The van der Waals surface area contributed by atoms with E-state index in [-0.39, 0.29) is 12.7 Å². The zero-order valence-corrected chi connectivity index (χ0v) is 15.9. The molecule has 0 radical (unpaired) electrons. The van der Waals surface area contributed by atoms with Crippen LogP contribution in [0, 0.1) is 0 Å². The van der Waals surface area contributed by atoms with Crippen LogP contribution in [0.15, 0.2) is 72.8 Å². The summed E-state index contributed by atoms with van der Waals surface area (Å²) in [6.07, 6.45) is 0.348. The molecule has 0 aliphatic carbocycles. The van der Waals surface area contributed by atoms with E-state index in [2.05, 4.69) is 10.6 Å². The van der Waals surface area contributed by atoms with Crippen molar-refractivity contribution in [3.8, 4) is 17.2 Å². The van der Waals surface area contributed by atoms with Gasteiger partial charge in [0.05, 0.1) is 0 Å². The Hall–Kier alpha value is -3.67. The van der Waals surface area contributed by atoms with Gasteiger partial charge in [0.2, 0.25) is 12.7 Å². The summed E-state index contributed by atoms with van der Waals surface area (Å²) in [5.74, 6) is 2.16. The molecule has 0 unspecified atom stereocenters. The van der Waals surface area contributed by atoms with Crippen molar-refractivity contribution in [2.45, 2.75) is 13.0 Å². The highest BCUT2D eigenvalue weighted by Gasteiger charge is 2.13. The number of amides is 1. The molecule has 0 bridgehead atoms. The van der Waals surface area contributed by atoms with Gasteiger partial charge in [0.15, 0.2) is 11.5 Å². The zero-order chi connectivity index (χ0) is 19.9. The van der Waals surface area contributed by atoms with Crippen LogP contribution < -0.4 is 24.8 Å². The number of hydrogen-bond donors (Lipinski definition) is 2. The summed E-state index contributed by atoms with van der Waals surface area (Å²) in [6, 6.07) is 23.0. The number of benzene rings is 3. The van der Waals surface area contributed by atoms with Gasteiger partial charge in [-0.2, -0.15) is 0 Å². The van der Waals surface area contributed by atoms with Crippen molar-refractivity contribution < 1.29 is 19.0 Å². The number of carbonyl (C=O) groups excluding carboxylic acids is 1. The minimum absolute atomic E-state index is 0.0591. The van der Waals surface area contributed by atoms with Crippen LogP contribution >= 0.6 is 0 Å². The van der Waals surface area contributed by atoms with E-state index in [1.807, 2.05) is 72.8 Å². The lowest BCUT2D eigenvalue weighted by Gasteiger charge is -2.10. The Morgan fingerprint density at radius 2 is 1.66 bits per heavy atom. The highest BCUT2D eigenvalue weighted by atomic mass is 16.7. The Balaban J connectivity index is 1.20. The lowest BCUT2D eigenvalue weighted by molar-refractivity contribution is -0.115. The Kier molecular flexibility index (Phi) is 5.81. The summed E-state index contributed by atoms with van der Waals surface area (Å²) in [6.45, 7) is 1.28. The Morgan fingerprint density at radius 3 is 2.48 bits per heavy atom. The fourth-order valence-electron chi connectivity index (χ4n) is 2.93. The molecule has 4 rings (SSSR count). The second-order valence-electron chi connectivity index (χ2n) is 6.59. The molecule has 3 aromatic carbocycles. The first kappa shape index (κ1) is 18.7. The first-order valence-corrected chi connectivity index (χ1v) is 9.46. The maximum atomic E-state index is 12.2.